The molecule has 0 spiro atoms. The van der Waals surface area contributed by atoms with Crippen LogP contribution >= 0.6 is 0 Å². The van der Waals surface area contributed by atoms with Crippen molar-refractivity contribution in [1.82, 2.24) is 10.4 Å². The zero-order valence-corrected chi connectivity index (χ0v) is 18.5. The van der Waals surface area contributed by atoms with Gasteiger partial charge in [0, 0.05) is 22.6 Å². The predicted molar refractivity (Wildman–Crippen MR) is 128 cm³/mol. The first kappa shape index (κ1) is 21.8. The summed E-state index contributed by atoms with van der Waals surface area (Å²) in [6.45, 7) is 3.62. The lowest BCUT2D eigenvalue weighted by Gasteiger charge is -2.11. The van der Waals surface area contributed by atoms with Gasteiger partial charge in [0.25, 0.3) is 5.91 Å². The third kappa shape index (κ3) is 4.77. The van der Waals surface area contributed by atoms with Gasteiger partial charge in [-0.1, -0.05) is 23.8 Å². The van der Waals surface area contributed by atoms with E-state index < -0.39 is 5.91 Å². The average Bonchev–Trinajstić information content (AvgIpc) is 2.81. The summed E-state index contributed by atoms with van der Waals surface area (Å²) < 4.78 is 5.32. The van der Waals surface area contributed by atoms with Crippen LogP contribution in [0, 0.1) is 6.92 Å². The number of phenolic OH excluding ortho intramolecular Hbond substituents is 2. The first-order valence-electron chi connectivity index (χ1n) is 10.3. The molecule has 0 unspecified atom stereocenters. The van der Waals surface area contributed by atoms with Gasteiger partial charge in [-0.2, -0.15) is 5.10 Å². The number of fused-ring (bicyclic) bond motifs is 1. The van der Waals surface area contributed by atoms with Gasteiger partial charge in [0.15, 0.2) is 0 Å². The number of rotatable bonds is 5. The highest BCUT2D eigenvalue weighted by atomic mass is 16.5. The number of carbonyl (C=O) groups excluding carboxylic acids is 1. The number of aromatic hydroxyl groups is 2. The van der Waals surface area contributed by atoms with Crippen LogP contribution in [0.1, 0.15) is 28.4 Å². The lowest BCUT2D eigenvalue weighted by molar-refractivity contribution is 0.0956. The van der Waals surface area contributed by atoms with Crippen molar-refractivity contribution in [2.75, 3.05) is 7.11 Å². The molecular formula is C26H23N3O4. The van der Waals surface area contributed by atoms with E-state index in [1.54, 1.807) is 20.1 Å². The molecule has 1 heterocycles. The number of amides is 1. The second-order valence-corrected chi connectivity index (χ2v) is 7.68. The summed E-state index contributed by atoms with van der Waals surface area (Å²) >= 11 is 0. The zero-order valence-electron chi connectivity index (χ0n) is 18.5. The number of benzene rings is 3. The summed E-state index contributed by atoms with van der Waals surface area (Å²) in [4.78, 5) is 17.9. The molecule has 3 aromatic carbocycles. The van der Waals surface area contributed by atoms with Crippen LogP contribution in [0.4, 0.5) is 0 Å². The molecule has 166 valence electrons. The van der Waals surface area contributed by atoms with Crippen molar-refractivity contribution in [2.24, 2.45) is 5.10 Å². The van der Waals surface area contributed by atoms with Crippen LogP contribution in [0.25, 0.3) is 22.2 Å². The number of hydrazone groups is 1. The molecule has 7 nitrogen and oxygen atoms in total. The molecular weight excluding hydrogens is 418 g/mol. The Morgan fingerprint density at radius 1 is 1.00 bits per heavy atom. The first-order chi connectivity index (χ1) is 15.8. The van der Waals surface area contributed by atoms with Gasteiger partial charge in [-0.3, -0.25) is 4.79 Å². The van der Waals surface area contributed by atoms with Crippen molar-refractivity contribution in [3.63, 3.8) is 0 Å². The number of carbonyl (C=O) groups is 1. The van der Waals surface area contributed by atoms with E-state index in [0.717, 1.165) is 11.1 Å². The van der Waals surface area contributed by atoms with Crippen LogP contribution in [0.2, 0.25) is 0 Å². The summed E-state index contributed by atoms with van der Waals surface area (Å²) in [7, 11) is 1.60. The average molecular weight is 441 g/mol. The van der Waals surface area contributed by atoms with Crippen LogP contribution in [0.15, 0.2) is 71.8 Å². The second-order valence-electron chi connectivity index (χ2n) is 7.68. The number of hydrogen-bond donors (Lipinski definition) is 3. The normalized spacial score (nSPS) is 11.4. The van der Waals surface area contributed by atoms with Gasteiger partial charge in [-0.05, 0) is 56.3 Å². The number of nitrogens with one attached hydrogen (secondary N) is 1. The van der Waals surface area contributed by atoms with Crippen LogP contribution < -0.4 is 10.2 Å². The summed E-state index contributed by atoms with van der Waals surface area (Å²) in [5.74, 6) is 0.105. The first-order valence-corrected chi connectivity index (χ1v) is 10.3. The summed E-state index contributed by atoms with van der Waals surface area (Å²) in [5, 5.41) is 24.3. The van der Waals surface area contributed by atoms with Crippen LogP contribution in [-0.2, 0) is 0 Å². The molecule has 7 heteroatoms. The van der Waals surface area contributed by atoms with E-state index in [4.69, 9.17) is 9.72 Å². The summed E-state index contributed by atoms with van der Waals surface area (Å²) in [6, 6.07) is 19.1. The maximum Gasteiger partial charge on any atom is 0.272 e. The number of phenols is 2. The number of aromatic nitrogens is 1. The van der Waals surface area contributed by atoms with Crippen molar-refractivity contribution in [3.05, 3.63) is 83.4 Å². The molecule has 0 aliphatic carbocycles. The monoisotopic (exact) mass is 441 g/mol. The Morgan fingerprint density at radius 2 is 1.76 bits per heavy atom. The fourth-order valence-electron chi connectivity index (χ4n) is 3.52. The molecule has 0 bridgehead atoms. The molecule has 0 aliphatic rings. The van der Waals surface area contributed by atoms with E-state index in [9.17, 15) is 15.0 Å². The lowest BCUT2D eigenvalue weighted by atomic mass is 10.0. The minimum Gasteiger partial charge on any atom is -0.508 e. The second kappa shape index (κ2) is 9.00. The van der Waals surface area contributed by atoms with E-state index in [2.05, 4.69) is 10.5 Å². The summed E-state index contributed by atoms with van der Waals surface area (Å²) in [5.41, 5.74) is 7.06. The Balaban J connectivity index is 1.74. The molecule has 0 fully saturated rings. The molecule has 0 aliphatic heterocycles. The molecule has 33 heavy (non-hydrogen) atoms. The van der Waals surface area contributed by atoms with Crippen molar-refractivity contribution in [3.8, 4) is 28.5 Å². The number of hydrogen-bond acceptors (Lipinski definition) is 6. The smallest absolute Gasteiger partial charge is 0.272 e. The minimum atomic E-state index is -0.402. The van der Waals surface area contributed by atoms with Crippen molar-refractivity contribution < 1.29 is 19.7 Å². The van der Waals surface area contributed by atoms with Crippen LogP contribution in [0.5, 0.6) is 17.2 Å². The molecule has 0 atom stereocenters. The quantitative estimate of drug-likeness (QED) is 0.305. The largest absolute Gasteiger partial charge is 0.508 e. The molecule has 0 radical (unpaired) electrons. The maximum absolute atomic E-state index is 13.2. The van der Waals surface area contributed by atoms with Gasteiger partial charge in [0.1, 0.15) is 17.2 Å². The van der Waals surface area contributed by atoms with E-state index >= 15 is 0 Å². The maximum atomic E-state index is 13.2. The molecule has 4 aromatic rings. The van der Waals surface area contributed by atoms with Gasteiger partial charge in [0.05, 0.1) is 29.6 Å². The number of pyridine rings is 1. The van der Waals surface area contributed by atoms with Crippen molar-refractivity contribution in [1.29, 1.82) is 0 Å². The standard InChI is InChI=1S/C26H23N3O4/c1-15-7-8-24-22(9-15)23(14-25(27-24)17-5-4-6-21(12-17)33-3)26(32)29-28-16(2)18-10-19(30)13-20(31)11-18/h4-14,30-31H,1-3H3,(H,29,32)/b28-16-. The van der Waals surface area contributed by atoms with Gasteiger partial charge < -0.3 is 14.9 Å². The highest BCUT2D eigenvalue weighted by Gasteiger charge is 2.15. The third-order valence-electron chi connectivity index (χ3n) is 5.22. The number of nitrogens with zero attached hydrogens (tertiary/aromatic N) is 2. The zero-order chi connectivity index (χ0) is 23.5. The minimum absolute atomic E-state index is 0.0931. The van der Waals surface area contributed by atoms with Crippen molar-refractivity contribution in [2.45, 2.75) is 13.8 Å². The van der Waals surface area contributed by atoms with Crippen LogP contribution in [0.3, 0.4) is 0 Å². The predicted octanol–water partition coefficient (Wildman–Crippen LogP) is 4.78. The van der Waals surface area contributed by atoms with Gasteiger partial charge in [0.2, 0.25) is 0 Å². The third-order valence-corrected chi connectivity index (χ3v) is 5.22. The molecule has 1 aromatic heterocycles. The van der Waals surface area contributed by atoms with Gasteiger partial charge in [-0.15, -0.1) is 0 Å². The van der Waals surface area contributed by atoms with E-state index in [0.29, 0.717) is 39.2 Å². The molecule has 4 rings (SSSR count). The Morgan fingerprint density at radius 3 is 2.48 bits per heavy atom. The van der Waals surface area contributed by atoms with Gasteiger partial charge in [-0.25, -0.2) is 10.4 Å². The highest BCUT2D eigenvalue weighted by Crippen LogP contribution is 2.28. The van der Waals surface area contributed by atoms with Crippen LogP contribution in [-0.4, -0.2) is 33.9 Å². The molecule has 1 amide bonds. The van der Waals surface area contributed by atoms with E-state index in [1.165, 1.54) is 18.2 Å². The Labute approximate surface area is 191 Å². The number of methoxy groups -OCH3 is 1. The Bertz CT molecular complexity index is 1380. The van der Waals surface area contributed by atoms with Gasteiger partial charge >= 0.3 is 0 Å². The fraction of sp³-hybridized carbons (Fsp3) is 0.115. The molecule has 0 saturated heterocycles. The molecule has 0 saturated carbocycles. The number of ether oxygens (including phenoxy) is 1. The highest BCUT2D eigenvalue weighted by molar-refractivity contribution is 6.08. The number of aryl methyl sites for hydroxylation is 1. The Kier molecular flexibility index (Phi) is 5.95. The Hall–Kier alpha value is -4.39. The fourth-order valence-corrected chi connectivity index (χ4v) is 3.52. The molecule has 3 N–H and O–H groups in total. The summed E-state index contributed by atoms with van der Waals surface area (Å²) in [6.07, 6.45) is 0. The SMILES string of the molecule is COc1cccc(-c2cc(C(=O)N/N=C(/C)c3cc(O)cc(O)c3)c3cc(C)ccc3n2)c1. The lowest BCUT2D eigenvalue weighted by Crippen LogP contribution is -2.20. The topological polar surface area (TPSA) is 104 Å². The van der Waals surface area contributed by atoms with Crippen molar-refractivity contribution >= 4 is 22.5 Å². The van der Waals surface area contributed by atoms with E-state index in [-0.39, 0.29) is 11.5 Å². The van der Waals surface area contributed by atoms with E-state index in [1.807, 2.05) is 49.4 Å².